The Labute approximate surface area is 204 Å². The predicted octanol–water partition coefficient (Wildman–Crippen LogP) is 4.65. The molecule has 33 heavy (non-hydrogen) atoms. The summed E-state index contributed by atoms with van der Waals surface area (Å²) in [5, 5.41) is 4.21. The maximum atomic E-state index is 12.7. The van der Waals surface area contributed by atoms with Crippen LogP contribution in [-0.2, 0) is 10.0 Å². The van der Waals surface area contributed by atoms with Crippen molar-refractivity contribution < 1.29 is 27.4 Å². The van der Waals surface area contributed by atoms with Crippen molar-refractivity contribution >= 4 is 49.7 Å². The number of hydrogen-bond donors (Lipinski definition) is 1. The minimum atomic E-state index is -3.90. The van der Waals surface area contributed by atoms with Crippen molar-refractivity contribution in [3.8, 4) is 17.2 Å². The van der Waals surface area contributed by atoms with E-state index in [1.165, 1.54) is 56.8 Å². The van der Waals surface area contributed by atoms with E-state index in [9.17, 15) is 13.2 Å². The summed E-state index contributed by atoms with van der Waals surface area (Å²) < 4.78 is 41.3. The highest BCUT2D eigenvalue weighted by molar-refractivity contribution is 9.10. The third kappa shape index (κ3) is 6.25. The van der Waals surface area contributed by atoms with Gasteiger partial charge in [0.25, 0.3) is 10.0 Å². The molecule has 0 heterocycles. The summed E-state index contributed by atoms with van der Waals surface area (Å²) in [5.74, 6) is 0.377. The van der Waals surface area contributed by atoms with Crippen LogP contribution in [0.15, 0.2) is 75.1 Å². The van der Waals surface area contributed by atoms with Crippen molar-refractivity contribution in [3.63, 3.8) is 0 Å². The highest BCUT2D eigenvalue weighted by Gasteiger charge is 2.16. The number of nitrogens with zero attached hydrogens (tertiary/aromatic N) is 1. The van der Waals surface area contributed by atoms with Crippen LogP contribution in [0.2, 0.25) is 5.02 Å². The van der Waals surface area contributed by atoms with Crippen molar-refractivity contribution in [2.24, 2.45) is 5.10 Å². The Hall–Kier alpha value is -3.08. The normalized spacial score (nSPS) is 11.3. The Morgan fingerprint density at radius 2 is 1.64 bits per heavy atom. The topological polar surface area (TPSA) is 103 Å². The summed E-state index contributed by atoms with van der Waals surface area (Å²) in [6.45, 7) is 0. The number of hydrogen-bond acceptors (Lipinski definition) is 7. The Balaban J connectivity index is 1.80. The number of benzene rings is 3. The molecule has 3 aromatic rings. The van der Waals surface area contributed by atoms with Gasteiger partial charge in [-0.1, -0.05) is 27.5 Å². The zero-order valence-corrected chi connectivity index (χ0v) is 20.6. The van der Waals surface area contributed by atoms with Crippen molar-refractivity contribution in [2.45, 2.75) is 4.90 Å². The number of nitrogens with one attached hydrogen (secondary N) is 1. The second kappa shape index (κ2) is 10.7. The number of carbonyl (C=O) groups excluding carboxylic acids is 1. The smallest absolute Gasteiger partial charge is 0.343 e. The molecule has 0 saturated carbocycles. The van der Waals surface area contributed by atoms with Crippen LogP contribution < -0.4 is 19.0 Å². The molecule has 0 radical (unpaired) electrons. The number of rotatable bonds is 8. The average molecular weight is 554 g/mol. The minimum absolute atomic E-state index is 0.00148. The summed E-state index contributed by atoms with van der Waals surface area (Å²) in [4.78, 5) is 14.8. The van der Waals surface area contributed by atoms with Gasteiger partial charge in [-0.25, -0.2) is 9.63 Å². The molecule has 172 valence electrons. The number of methoxy groups -OCH3 is 2. The SMILES string of the molecule is COc1ccc(C(=O)Oc2ccc(Br)cc2/C=N/NS(=O)(=O)c2ccc(Cl)cc2)cc1OC. The lowest BCUT2D eigenvalue weighted by atomic mass is 10.2. The molecule has 3 aromatic carbocycles. The molecule has 0 saturated heterocycles. The standard InChI is InChI=1S/C22H18BrClN2O6S/c1-30-20-9-3-14(12-21(20)31-2)22(27)32-19-10-4-16(23)11-15(19)13-25-26-33(28,29)18-7-5-17(24)6-8-18/h3-13,26H,1-2H3/b25-13+. The number of hydrazone groups is 1. The highest BCUT2D eigenvalue weighted by Crippen LogP contribution is 2.29. The first-order valence-corrected chi connectivity index (χ1v) is 11.9. The Bertz CT molecular complexity index is 1300. The van der Waals surface area contributed by atoms with Crippen molar-refractivity contribution in [1.29, 1.82) is 0 Å². The molecule has 0 aliphatic rings. The predicted molar refractivity (Wildman–Crippen MR) is 128 cm³/mol. The van der Waals surface area contributed by atoms with Crippen LogP contribution in [0.1, 0.15) is 15.9 Å². The van der Waals surface area contributed by atoms with Crippen LogP contribution in [0.3, 0.4) is 0 Å². The molecular formula is C22H18BrClN2O6S. The van der Waals surface area contributed by atoms with E-state index < -0.39 is 16.0 Å². The van der Waals surface area contributed by atoms with Gasteiger partial charge in [0.15, 0.2) is 11.5 Å². The molecule has 0 aromatic heterocycles. The van der Waals surface area contributed by atoms with E-state index in [0.29, 0.717) is 26.6 Å². The second-order valence-corrected chi connectivity index (χ2v) is 9.46. The van der Waals surface area contributed by atoms with Gasteiger partial charge in [-0.05, 0) is 60.7 Å². The minimum Gasteiger partial charge on any atom is -0.493 e. The second-order valence-electron chi connectivity index (χ2n) is 6.45. The quantitative estimate of drug-likeness (QED) is 0.188. The third-order valence-electron chi connectivity index (χ3n) is 4.29. The molecule has 1 N–H and O–H groups in total. The van der Waals surface area contributed by atoms with Crippen molar-refractivity contribution in [3.05, 3.63) is 81.3 Å². The van der Waals surface area contributed by atoms with E-state index in [0.717, 1.165) is 0 Å². The highest BCUT2D eigenvalue weighted by atomic mass is 79.9. The van der Waals surface area contributed by atoms with Crippen LogP contribution in [-0.4, -0.2) is 34.8 Å². The van der Waals surface area contributed by atoms with Gasteiger partial charge in [0.05, 0.1) is 30.9 Å². The van der Waals surface area contributed by atoms with Gasteiger partial charge >= 0.3 is 5.97 Å². The van der Waals surface area contributed by atoms with Crippen molar-refractivity contribution in [1.82, 2.24) is 4.83 Å². The Morgan fingerprint density at radius 3 is 2.30 bits per heavy atom. The molecule has 0 bridgehead atoms. The number of ether oxygens (including phenoxy) is 3. The van der Waals surface area contributed by atoms with Gasteiger partial charge < -0.3 is 14.2 Å². The van der Waals surface area contributed by atoms with E-state index in [-0.39, 0.29) is 16.2 Å². The fraction of sp³-hybridized carbons (Fsp3) is 0.0909. The maximum absolute atomic E-state index is 12.7. The van der Waals surface area contributed by atoms with E-state index in [4.69, 9.17) is 25.8 Å². The fourth-order valence-corrected chi connectivity index (χ4v) is 3.96. The number of esters is 1. The van der Waals surface area contributed by atoms with Crippen LogP contribution >= 0.6 is 27.5 Å². The average Bonchev–Trinajstić information content (AvgIpc) is 2.80. The van der Waals surface area contributed by atoms with Gasteiger partial charge in [0.1, 0.15) is 5.75 Å². The summed E-state index contributed by atoms with van der Waals surface area (Å²) in [7, 11) is -0.952. The summed E-state index contributed by atoms with van der Waals surface area (Å²) in [6, 6.07) is 15.1. The van der Waals surface area contributed by atoms with Crippen LogP contribution in [0.5, 0.6) is 17.2 Å². The maximum Gasteiger partial charge on any atom is 0.343 e. The monoisotopic (exact) mass is 552 g/mol. The molecule has 0 atom stereocenters. The van der Waals surface area contributed by atoms with Gasteiger partial charge in [0.2, 0.25) is 0 Å². The zero-order chi connectivity index (χ0) is 24.0. The van der Waals surface area contributed by atoms with E-state index in [1.807, 2.05) is 0 Å². The zero-order valence-electron chi connectivity index (χ0n) is 17.4. The van der Waals surface area contributed by atoms with E-state index in [2.05, 4.69) is 25.9 Å². The first kappa shape index (κ1) is 24.6. The van der Waals surface area contributed by atoms with Crippen molar-refractivity contribution in [2.75, 3.05) is 14.2 Å². The van der Waals surface area contributed by atoms with Crippen LogP contribution in [0.25, 0.3) is 0 Å². The third-order valence-corrected chi connectivity index (χ3v) is 6.28. The molecule has 0 fully saturated rings. The molecule has 0 amide bonds. The lowest BCUT2D eigenvalue weighted by molar-refractivity contribution is 0.0734. The Kier molecular flexibility index (Phi) is 7.96. The van der Waals surface area contributed by atoms with E-state index >= 15 is 0 Å². The first-order chi connectivity index (χ1) is 15.7. The van der Waals surface area contributed by atoms with Gasteiger partial charge in [-0.15, -0.1) is 0 Å². The summed E-state index contributed by atoms with van der Waals surface area (Å²) in [5.41, 5.74) is 0.596. The van der Waals surface area contributed by atoms with Crippen LogP contribution in [0.4, 0.5) is 0 Å². The molecule has 8 nitrogen and oxygen atoms in total. The number of sulfonamides is 1. The molecule has 0 aliphatic heterocycles. The largest absolute Gasteiger partial charge is 0.493 e. The molecule has 0 aliphatic carbocycles. The number of carbonyl (C=O) groups is 1. The molecule has 0 spiro atoms. The molecule has 11 heteroatoms. The van der Waals surface area contributed by atoms with E-state index in [1.54, 1.807) is 24.3 Å². The van der Waals surface area contributed by atoms with Gasteiger partial charge in [0, 0.05) is 15.1 Å². The lowest BCUT2D eigenvalue weighted by Gasteiger charge is -2.11. The summed E-state index contributed by atoms with van der Waals surface area (Å²) in [6.07, 6.45) is 1.23. The van der Waals surface area contributed by atoms with Gasteiger partial charge in [-0.3, -0.25) is 0 Å². The Morgan fingerprint density at radius 1 is 0.970 bits per heavy atom. The lowest BCUT2D eigenvalue weighted by Crippen LogP contribution is -2.18. The molecule has 0 unspecified atom stereocenters. The van der Waals surface area contributed by atoms with Crippen LogP contribution in [0, 0.1) is 0 Å². The first-order valence-electron chi connectivity index (χ1n) is 9.27. The molecular weight excluding hydrogens is 536 g/mol. The molecule has 3 rings (SSSR count). The summed E-state index contributed by atoms with van der Waals surface area (Å²) >= 11 is 9.13. The van der Waals surface area contributed by atoms with Gasteiger partial charge in [-0.2, -0.15) is 13.5 Å². The number of halogens is 2. The fourth-order valence-electron chi connectivity index (χ4n) is 2.67.